The van der Waals surface area contributed by atoms with Crippen LogP contribution in [0.5, 0.6) is 0 Å². The van der Waals surface area contributed by atoms with Crippen molar-refractivity contribution in [2.45, 2.75) is 52.1 Å². The van der Waals surface area contributed by atoms with Crippen LogP contribution in [0.2, 0.25) is 0 Å². The minimum Gasteiger partial charge on any atom is -0.481 e. The van der Waals surface area contributed by atoms with Gasteiger partial charge < -0.3 is 9.84 Å². The molecule has 92 valence electrons. The fraction of sp³-hybridized carbons (Fsp3) is 0.833. The molecular formula is C12H20O4. The third kappa shape index (κ3) is 4.21. The molecule has 1 N–H and O–H groups in total. The second-order valence-corrected chi connectivity index (χ2v) is 5.50. The number of carbonyl (C=O) groups excluding carboxylic acids is 1. The molecule has 0 aromatic carbocycles. The van der Waals surface area contributed by atoms with Gasteiger partial charge in [0.2, 0.25) is 0 Å². The van der Waals surface area contributed by atoms with E-state index in [-0.39, 0.29) is 17.8 Å². The molecule has 0 aliphatic heterocycles. The molecule has 1 rings (SSSR count). The number of carboxylic acids is 1. The van der Waals surface area contributed by atoms with Gasteiger partial charge in [0.1, 0.15) is 5.60 Å². The molecule has 16 heavy (non-hydrogen) atoms. The zero-order valence-corrected chi connectivity index (χ0v) is 10.2. The summed E-state index contributed by atoms with van der Waals surface area (Å²) in [5, 5.41) is 8.84. The van der Waals surface area contributed by atoms with Gasteiger partial charge in [0, 0.05) is 6.42 Å². The third-order valence-electron chi connectivity index (χ3n) is 2.77. The van der Waals surface area contributed by atoms with Gasteiger partial charge in [-0.2, -0.15) is 0 Å². The number of carboxylic acid groups (broad SMARTS) is 1. The van der Waals surface area contributed by atoms with Crippen molar-refractivity contribution in [3.63, 3.8) is 0 Å². The molecule has 4 nitrogen and oxygen atoms in total. The molecule has 0 aromatic rings. The van der Waals surface area contributed by atoms with E-state index in [1.807, 2.05) is 20.8 Å². The van der Waals surface area contributed by atoms with Crippen molar-refractivity contribution in [3.05, 3.63) is 0 Å². The Kier molecular flexibility index (Phi) is 3.94. The summed E-state index contributed by atoms with van der Waals surface area (Å²) in [5.74, 6) is -1.06. The van der Waals surface area contributed by atoms with Crippen LogP contribution in [0.4, 0.5) is 0 Å². The smallest absolute Gasteiger partial charge is 0.306 e. The molecule has 1 saturated carbocycles. The average molecular weight is 228 g/mol. The van der Waals surface area contributed by atoms with E-state index in [4.69, 9.17) is 9.84 Å². The third-order valence-corrected chi connectivity index (χ3v) is 2.77. The second kappa shape index (κ2) is 4.85. The molecule has 0 bridgehead atoms. The maximum absolute atomic E-state index is 11.5. The van der Waals surface area contributed by atoms with E-state index in [0.29, 0.717) is 19.3 Å². The number of rotatable bonds is 3. The van der Waals surface area contributed by atoms with Gasteiger partial charge >= 0.3 is 11.9 Å². The Morgan fingerprint density at radius 3 is 2.38 bits per heavy atom. The molecular weight excluding hydrogens is 208 g/mol. The zero-order valence-electron chi connectivity index (χ0n) is 10.2. The molecule has 0 amide bonds. The van der Waals surface area contributed by atoms with Crippen molar-refractivity contribution in [1.82, 2.24) is 0 Å². The fourth-order valence-corrected chi connectivity index (χ4v) is 2.10. The summed E-state index contributed by atoms with van der Waals surface area (Å²) >= 11 is 0. The van der Waals surface area contributed by atoms with Crippen molar-refractivity contribution < 1.29 is 19.4 Å². The molecule has 1 aliphatic rings. The summed E-state index contributed by atoms with van der Waals surface area (Å²) in [6, 6.07) is 0. The SMILES string of the molecule is CC(C)(C)OC(=O)C[C@@H]1CCC(C(=O)O)C1. The fourth-order valence-electron chi connectivity index (χ4n) is 2.10. The largest absolute Gasteiger partial charge is 0.481 e. The number of hydrogen-bond acceptors (Lipinski definition) is 3. The minimum atomic E-state index is -0.744. The Morgan fingerprint density at radius 1 is 1.31 bits per heavy atom. The highest BCUT2D eigenvalue weighted by atomic mass is 16.6. The number of ether oxygens (including phenoxy) is 1. The van der Waals surface area contributed by atoms with Crippen LogP contribution in [0.25, 0.3) is 0 Å². The van der Waals surface area contributed by atoms with E-state index in [0.717, 1.165) is 6.42 Å². The highest BCUT2D eigenvalue weighted by Gasteiger charge is 2.31. The van der Waals surface area contributed by atoms with Crippen molar-refractivity contribution in [2.75, 3.05) is 0 Å². The van der Waals surface area contributed by atoms with Gasteiger partial charge in [0.25, 0.3) is 0 Å². The molecule has 4 heteroatoms. The molecule has 0 saturated heterocycles. The predicted molar refractivity (Wildman–Crippen MR) is 58.9 cm³/mol. The van der Waals surface area contributed by atoms with Crippen LogP contribution < -0.4 is 0 Å². The van der Waals surface area contributed by atoms with Crippen LogP contribution in [0.3, 0.4) is 0 Å². The minimum absolute atomic E-state index is 0.177. The van der Waals surface area contributed by atoms with Crippen LogP contribution in [-0.2, 0) is 14.3 Å². The van der Waals surface area contributed by atoms with Gasteiger partial charge in [-0.15, -0.1) is 0 Å². The van der Waals surface area contributed by atoms with Gasteiger partial charge in [-0.05, 0) is 46.0 Å². The van der Waals surface area contributed by atoms with Gasteiger partial charge in [-0.1, -0.05) is 0 Å². The van der Waals surface area contributed by atoms with Gasteiger partial charge in [0.05, 0.1) is 5.92 Å². The van der Waals surface area contributed by atoms with Crippen LogP contribution in [0, 0.1) is 11.8 Å². The monoisotopic (exact) mass is 228 g/mol. The van der Waals surface area contributed by atoms with Gasteiger partial charge in [-0.25, -0.2) is 0 Å². The number of esters is 1. The standard InChI is InChI=1S/C12H20O4/c1-12(2,3)16-10(13)7-8-4-5-9(6-8)11(14)15/h8-9H,4-7H2,1-3H3,(H,14,15)/t8-,9?/m1/s1. The molecule has 1 fully saturated rings. The molecule has 2 atom stereocenters. The van der Waals surface area contributed by atoms with Crippen molar-refractivity contribution in [1.29, 1.82) is 0 Å². The number of carbonyl (C=O) groups is 2. The second-order valence-electron chi connectivity index (χ2n) is 5.50. The van der Waals surface area contributed by atoms with E-state index in [1.54, 1.807) is 0 Å². The van der Waals surface area contributed by atoms with E-state index in [1.165, 1.54) is 0 Å². The van der Waals surface area contributed by atoms with E-state index in [9.17, 15) is 9.59 Å². The Bertz CT molecular complexity index is 277. The lowest BCUT2D eigenvalue weighted by atomic mass is 10.0. The molecule has 0 spiro atoms. The summed E-state index contributed by atoms with van der Waals surface area (Å²) in [6.45, 7) is 5.50. The summed E-state index contributed by atoms with van der Waals surface area (Å²) in [5.41, 5.74) is -0.456. The van der Waals surface area contributed by atoms with Crippen molar-refractivity contribution in [3.8, 4) is 0 Å². The summed E-state index contributed by atoms with van der Waals surface area (Å²) in [4.78, 5) is 22.3. The first kappa shape index (κ1) is 13.0. The molecule has 1 aliphatic carbocycles. The lowest BCUT2D eigenvalue weighted by Crippen LogP contribution is -2.25. The lowest BCUT2D eigenvalue weighted by Gasteiger charge is -2.20. The topological polar surface area (TPSA) is 63.6 Å². The molecule has 0 radical (unpaired) electrons. The predicted octanol–water partition coefficient (Wildman–Crippen LogP) is 2.22. The Morgan fingerprint density at radius 2 is 1.94 bits per heavy atom. The average Bonchev–Trinajstić information content (AvgIpc) is 2.48. The van der Waals surface area contributed by atoms with Crippen molar-refractivity contribution >= 4 is 11.9 Å². The Balaban J connectivity index is 2.34. The highest BCUT2D eigenvalue weighted by molar-refractivity contribution is 5.72. The number of aliphatic carboxylic acids is 1. The molecule has 0 aromatic heterocycles. The lowest BCUT2D eigenvalue weighted by molar-refractivity contribution is -0.156. The summed E-state index contributed by atoms with van der Waals surface area (Å²) in [7, 11) is 0. The normalized spacial score (nSPS) is 25.4. The summed E-state index contributed by atoms with van der Waals surface area (Å²) < 4.78 is 5.21. The molecule has 0 heterocycles. The Hall–Kier alpha value is -1.06. The van der Waals surface area contributed by atoms with Gasteiger partial charge in [-0.3, -0.25) is 9.59 Å². The van der Waals surface area contributed by atoms with Crippen molar-refractivity contribution in [2.24, 2.45) is 11.8 Å². The van der Waals surface area contributed by atoms with E-state index < -0.39 is 11.6 Å². The molecule has 1 unspecified atom stereocenters. The first-order valence-electron chi connectivity index (χ1n) is 5.72. The maximum atomic E-state index is 11.5. The van der Waals surface area contributed by atoms with E-state index >= 15 is 0 Å². The Labute approximate surface area is 96.0 Å². The van der Waals surface area contributed by atoms with Gasteiger partial charge in [0.15, 0.2) is 0 Å². The quantitative estimate of drug-likeness (QED) is 0.752. The van der Waals surface area contributed by atoms with Crippen LogP contribution in [-0.4, -0.2) is 22.6 Å². The zero-order chi connectivity index (χ0) is 12.3. The summed E-state index contributed by atoms with van der Waals surface area (Å²) in [6.07, 6.45) is 2.45. The first-order chi connectivity index (χ1) is 7.28. The maximum Gasteiger partial charge on any atom is 0.306 e. The first-order valence-corrected chi connectivity index (χ1v) is 5.72. The van der Waals surface area contributed by atoms with Crippen LogP contribution in [0.15, 0.2) is 0 Å². The van der Waals surface area contributed by atoms with Crippen LogP contribution in [0.1, 0.15) is 46.5 Å². The van der Waals surface area contributed by atoms with Crippen LogP contribution >= 0.6 is 0 Å². The van der Waals surface area contributed by atoms with E-state index in [2.05, 4.69) is 0 Å². The number of hydrogen-bond donors (Lipinski definition) is 1. The highest BCUT2D eigenvalue weighted by Crippen LogP contribution is 2.33.